The molecule has 0 spiro atoms. The molecule has 4 heterocycles. The van der Waals surface area contributed by atoms with Crippen LogP contribution in [0.1, 0.15) is 26.3 Å². The molecule has 14 rings (SSSR count). The topological polar surface area (TPSA) is 11.4 Å². The summed E-state index contributed by atoms with van der Waals surface area (Å²) in [5.41, 5.74) is 18.4. The van der Waals surface area contributed by atoms with E-state index in [-0.39, 0.29) is 12.3 Å². The minimum atomic E-state index is -0.135. The number of hydrogen-bond donors (Lipinski definition) is 0. The summed E-state index contributed by atoms with van der Waals surface area (Å²) in [5, 5.41) is 7.70. The van der Waals surface area contributed by atoms with Crippen molar-refractivity contribution >= 4 is 116 Å². The highest BCUT2D eigenvalue weighted by atomic mass is 32.1. The predicted molar refractivity (Wildman–Crippen MR) is 289 cm³/mol. The Kier molecular flexibility index (Phi) is 8.21. The van der Waals surface area contributed by atoms with Crippen LogP contribution in [0.5, 0.6) is 0 Å². The fourth-order valence-corrected chi connectivity index (χ4v) is 12.7. The van der Waals surface area contributed by atoms with Crippen LogP contribution >= 0.6 is 11.3 Å². The Labute approximate surface area is 394 Å². The van der Waals surface area contributed by atoms with Crippen molar-refractivity contribution < 1.29 is 0 Å². The number of rotatable bonds is 5. The van der Waals surface area contributed by atoms with Crippen molar-refractivity contribution in [1.29, 1.82) is 0 Å². The van der Waals surface area contributed by atoms with Gasteiger partial charge in [-0.05, 0) is 117 Å². The second kappa shape index (κ2) is 14.3. The van der Waals surface area contributed by atoms with E-state index in [0.29, 0.717) is 0 Å². The summed E-state index contributed by atoms with van der Waals surface area (Å²) in [6.07, 6.45) is 0. The van der Waals surface area contributed by atoms with Crippen LogP contribution < -0.4 is 20.7 Å². The van der Waals surface area contributed by atoms with Gasteiger partial charge in [-0.2, -0.15) is 0 Å². The lowest BCUT2D eigenvalue weighted by molar-refractivity contribution is 0.590. The van der Waals surface area contributed by atoms with Gasteiger partial charge in [0.1, 0.15) is 0 Å². The smallest absolute Gasteiger partial charge is 0.333 e. The van der Waals surface area contributed by atoms with E-state index in [4.69, 9.17) is 0 Å². The minimum Gasteiger partial charge on any atom is -0.375 e. The summed E-state index contributed by atoms with van der Waals surface area (Å²) < 4.78 is 5.37. The molecule has 316 valence electrons. The van der Waals surface area contributed by atoms with Crippen LogP contribution in [0.25, 0.3) is 75.0 Å². The van der Waals surface area contributed by atoms with Gasteiger partial charge in [-0.3, -0.25) is 0 Å². The standard InChI is InChI=1S/C62H44BN3S/c1-62(2,3)42-30-32-53(49(36-42)39-18-7-4-8-19-39)65-54-33-31-45(64(43-22-9-5-10-23-43)44-24-11-6-12-25-44)37-52(54)63-59-56(65)38-51-46-26-15-16-29-57(46)67-61(51)58(59)48-28-17-27-47-50-34-40-20-13-14-21-41(40)35-55(50)66(63)60(47)48/h4-38H,1-3H3. The summed E-state index contributed by atoms with van der Waals surface area (Å²) in [6, 6.07) is 79.4. The molecule has 0 fully saturated rings. The molecule has 0 atom stereocenters. The van der Waals surface area contributed by atoms with Crippen molar-refractivity contribution in [3.8, 4) is 22.3 Å². The van der Waals surface area contributed by atoms with Gasteiger partial charge in [-0.15, -0.1) is 11.3 Å². The van der Waals surface area contributed by atoms with Crippen LogP contribution in [0, 0.1) is 0 Å². The van der Waals surface area contributed by atoms with Crippen molar-refractivity contribution in [2.24, 2.45) is 0 Å². The van der Waals surface area contributed by atoms with Gasteiger partial charge in [0.2, 0.25) is 0 Å². The number of nitrogens with zero attached hydrogens (tertiary/aromatic N) is 3. The van der Waals surface area contributed by atoms with E-state index >= 15 is 0 Å². The number of anilines is 6. The Balaban J connectivity index is 1.17. The van der Waals surface area contributed by atoms with E-state index in [1.807, 2.05) is 11.3 Å². The average Bonchev–Trinajstić information content (AvgIpc) is 3.90. The van der Waals surface area contributed by atoms with Crippen LogP contribution in [-0.4, -0.2) is 11.3 Å². The molecule has 0 radical (unpaired) electrons. The number of hydrogen-bond acceptors (Lipinski definition) is 3. The normalized spacial score (nSPS) is 12.9. The van der Waals surface area contributed by atoms with E-state index in [2.05, 4.69) is 247 Å². The zero-order valence-electron chi connectivity index (χ0n) is 37.5. The fourth-order valence-electron chi connectivity index (χ4n) is 11.4. The summed E-state index contributed by atoms with van der Waals surface area (Å²) in [4.78, 5) is 5.04. The molecule has 0 unspecified atom stereocenters. The molecule has 2 aliphatic rings. The monoisotopic (exact) mass is 873 g/mol. The highest BCUT2D eigenvalue weighted by Gasteiger charge is 2.45. The molecular weight excluding hydrogens is 830 g/mol. The number of thiophene rings is 1. The molecule has 3 nitrogen and oxygen atoms in total. The van der Waals surface area contributed by atoms with Crippen LogP contribution in [0.15, 0.2) is 212 Å². The maximum absolute atomic E-state index is 2.72. The summed E-state index contributed by atoms with van der Waals surface area (Å²) >= 11 is 1.94. The van der Waals surface area contributed by atoms with Gasteiger partial charge in [0.25, 0.3) is 0 Å². The van der Waals surface area contributed by atoms with E-state index in [1.54, 1.807) is 0 Å². The Hall–Kier alpha value is -7.86. The third-order valence-corrected chi connectivity index (χ3v) is 15.6. The molecule has 0 amide bonds. The van der Waals surface area contributed by atoms with E-state index in [9.17, 15) is 0 Å². The van der Waals surface area contributed by atoms with Crippen LogP contribution in [-0.2, 0) is 5.41 Å². The molecule has 2 aliphatic heterocycles. The van der Waals surface area contributed by atoms with Crippen molar-refractivity contribution in [1.82, 2.24) is 4.48 Å². The van der Waals surface area contributed by atoms with Gasteiger partial charge >= 0.3 is 6.85 Å². The van der Waals surface area contributed by atoms with Crippen molar-refractivity contribution in [2.45, 2.75) is 26.2 Å². The van der Waals surface area contributed by atoms with Crippen molar-refractivity contribution in [3.05, 3.63) is 218 Å². The number of benzene rings is 10. The molecule has 0 saturated carbocycles. The lowest BCUT2D eigenvalue weighted by atomic mass is 9.45. The first-order valence-corrected chi connectivity index (χ1v) is 24.2. The molecule has 0 saturated heterocycles. The number of fused-ring (bicyclic) bond motifs is 12. The third-order valence-electron chi connectivity index (χ3n) is 14.4. The maximum atomic E-state index is 2.72. The van der Waals surface area contributed by atoms with E-state index in [1.165, 1.54) is 109 Å². The second-order valence-electron chi connectivity index (χ2n) is 19.3. The van der Waals surface area contributed by atoms with E-state index < -0.39 is 0 Å². The summed E-state index contributed by atoms with van der Waals surface area (Å²) in [5.74, 6) is 0. The Morgan fingerprint density at radius 1 is 0.478 bits per heavy atom. The largest absolute Gasteiger partial charge is 0.375 e. The number of aromatic nitrogens is 1. The molecule has 0 bridgehead atoms. The lowest BCUT2D eigenvalue weighted by Crippen LogP contribution is -2.56. The zero-order valence-corrected chi connectivity index (χ0v) is 38.4. The first-order valence-electron chi connectivity index (χ1n) is 23.4. The minimum absolute atomic E-state index is 0.0391. The highest BCUT2D eigenvalue weighted by Crippen LogP contribution is 2.53. The van der Waals surface area contributed by atoms with Gasteiger partial charge in [-0.25, -0.2) is 0 Å². The molecule has 0 aliphatic carbocycles. The third kappa shape index (κ3) is 5.65. The molecule has 5 heteroatoms. The molecular formula is C62H44BN3S. The lowest BCUT2D eigenvalue weighted by Gasteiger charge is -2.42. The molecule has 67 heavy (non-hydrogen) atoms. The maximum Gasteiger partial charge on any atom is 0.333 e. The van der Waals surface area contributed by atoms with Gasteiger partial charge in [-0.1, -0.05) is 154 Å². The van der Waals surface area contributed by atoms with Crippen LogP contribution in [0.4, 0.5) is 34.1 Å². The quantitative estimate of drug-likeness (QED) is 0.160. The van der Waals surface area contributed by atoms with E-state index in [0.717, 1.165) is 17.1 Å². The molecule has 10 aromatic carbocycles. The first kappa shape index (κ1) is 38.4. The van der Waals surface area contributed by atoms with Crippen LogP contribution in [0.3, 0.4) is 0 Å². The highest BCUT2D eigenvalue weighted by molar-refractivity contribution is 7.26. The van der Waals surface area contributed by atoms with Gasteiger partial charge < -0.3 is 14.3 Å². The molecule has 12 aromatic rings. The summed E-state index contributed by atoms with van der Waals surface area (Å²) in [7, 11) is 0. The number of para-hydroxylation sites is 3. The van der Waals surface area contributed by atoms with Crippen molar-refractivity contribution in [2.75, 3.05) is 9.80 Å². The average molecular weight is 874 g/mol. The Morgan fingerprint density at radius 2 is 1.13 bits per heavy atom. The zero-order chi connectivity index (χ0) is 44.5. The van der Waals surface area contributed by atoms with Crippen molar-refractivity contribution in [3.63, 3.8) is 0 Å². The van der Waals surface area contributed by atoms with Crippen LogP contribution in [0.2, 0.25) is 0 Å². The van der Waals surface area contributed by atoms with Gasteiger partial charge in [0.15, 0.2) is 0 Å². The SMILES string of the molecule is CC(C)(C)c1ccc(N2c3ccc(N(c4ccccc4)c4ccccc4)cc3B3c4c2cc2c(sc5ccccc52)c4-c2cccc4c5cc6ccccc6cc5n3c24)c(-c2ccccc2)c1. The Bertz CT molecular complexity index is 3940. The second-order valence-corrected chi connectivity index (χ2v) is 20.3. The summed E-state index contributed by atoms with van der Waals surface area (Å²) in [6.45, 7) is 6.82. The molecule has 0 N–H and O–H groups in total. The molecule has 2 aromatic heterocycles. The Morgan fingerprint density at radius 3 is 1.88 bits per heavy atom. The fraction of sp³-hybridized carbons (Fsp3) is 0.0645. The first-order chi connectivity index (χ1) is 32.9. The van der Waals surface area contributed by atoms with Gasteiger partial charge in [0.05, 0.1) is 5.69 Å². The van der Waals surface area contributed by atoms with Gasteiger partial charge in [0, 0.05) is 87.1 Å². The predicted octanol–water partition coefficient (Wildman–Crippen LogP) is 16.2.